The maximum absolute atomic E-state index is 13.4. The van der Waals surface area contributed by atoms with Gasteiger partial charge >= 0.3 is 0 Å². The van der Waals surface area contributed by atoms with Crippen molar-refractivity contribution in [3.8, 4) is 0 Å². The van der Waals surface area contributed by atoms with Crippen molar-refractivity contribution in [2.75, 3.05) is 5.32 Å². The number of aromatic amines is 1. The van der Waals surface area contributed by atoms with E-state index in [1.807, 2.05) is 0 Å². The third kappa shape index (κ3) is 2.59. The highest BCUT2D eigenvalue weighted by Gasteiger charge is 2.25. The maximum Gasteiger partial charge on any atom is 0.241 e. The number of anilines is 1. The Morgan fingerprint density at radius 2 is 2.35 bits per heavy atom. The van der Waals surface area contributed by atoms with Crippen LogP contribution in [-0.4, -0.2) is 21.9 Å². The van der Waals surface area contributed by atoms with Gasteiger partial charge in [-0.25, -0.2) is 9.37 Å². The molecule has 7 heteroatoms. The number of imidazole rings is 1. The number of benzene rings is 1. The summed E-state index contributed by atoms with van der Waals surface area (Å²) in [5.74, 6) is -0.602. The van der Waals surface area contributed by atoms with E-state index in [4.69, 9.17) is 0 Å². The number of carbonyl (C=O) groups is 1. The summed E-state index contributed by atoms with van der Waals surface area (Å²) in [5.41, 5.74) is 2.33. The average Bonchev–Trinajstić information content (AvgIpc) is 2.90. The lowest BCUT2D eigenvalue weighted by molar-refractivity contribution is -0.118. The van der Waals surface area contributed by atoms with Gasteiger partial charge in [-0.1, -0.05) is 0 Å². The largest absolute Gasteiger partial charge is 0.347 e. The van der Waals surface area contributed by atoms with Gasteiger partial charge in [-0.3, -0.25) is 10.1 Å². The molecule has 20 heavy (non-hydrogen) atoms. The normalized spacial score (nSPS) is 17.6. The second kappa shape index (κ2) is 5.34. The highest BCUT2D eigenvalue weighted by Crippen LogP contribution is 2.20. The van der Waals surface area contributed by atoms with Gasteiger partial charge < -0.3 is 10.3 Å². The molecule has 0 saturated carbocycles. The van der Waals surface area contributed by atoms with Crippen molar-refractivity contribution >= 4 is 27.5 Å². The first kappa shape index (κ1) is 13.3. The minimum Gasteiger partial charge on any atom is -0.347 e. The zero-order valence-electron chi connectivity index (χ0n) is 10.4. The Balaban J connectivity index is 1.69. The first-order valence-corrected chi connectivity index (χ1v) is 6.93. The quantitative estimate of drug-likeness (QED) is 0.784. The maximum atomic E-state index is 13.4. The minimum absolute atomic E-state index is 0.194. The molecule has 0 saturated heterocycles. The van der Waals surface area contributed by atoms with Crippen molar-refractivity contribution in [3.63, 3.8) is 0 Å². The van der Waals surface area contributed by atoms with Gasteiger partial charge in [-0.05, 0) is 34.1 Å². The fourth-order valence-electron chi connectivity index (χ4n) is 2.16. The lowest BCUT2D eigenvalue weighted by Crippen LogP contribution is -2.44. The molecule has 1 aliphatic heterocycles. The molecule has 0 bridgehead atoms. The molecule has 2 aromatic rings. The van der Waals surface area contributed by atoms with Gasteiger partial charge in [0.15, 0.2) is 0 Å². The molecule has 1 aromatic carbocycles. The number of amides is 1. The second-order valence-electron chi connectivity index (χ2n) is 4.58. The fourth-order valence-corrected chi connectivity index (χ4v) is 2.40. The van der Waals surface area contributed by atoms with Crippen LogP contribution in [-0.2, 0) is 17.8 Å². The summed E-state index contributed by atoms with van der Waals surface area (Å²) >= 11 is 3.07. The first-order valence-electron chi connectivity index (χ1n) is 6.14. The summed E-state index contributed by atoms with van der Waals surface area (Å²) in [6, 6.07) is 4.13. The molecule has 2 heterocycles. The number of hydrogen-bond acceptors (Lipinski definition) is 3. The number of rotatable bonds is 2. The van der Waals surface area contributed by atoms with Crippen molar-refractivity contribution in [3.05, 3.63) is 46.2 Å². The van der Waals surface area contributed by atoms with E-state index in [0.717, 1.165) is 11.4 Å². The molecule has 0 fully saturated rings. The molecule has 104 valence electrons. The van der Waals surface area contributed by atoms with Gasteiger partial charge in [0.1, 0.15) is 5.82 Å². The van der Waals surface area contributed by atoms with Gasteiger partial charge in [-0.2, -0.15) is 0 Å². The SMILES string of the molecule is O=C(Nc1ccc(Br)c(F)c1)C1Cc2nc[nH]c2CN1. The van der Waals surface area contributed by atoms with Crippen LogP contribution >= 0.6 is 15.9 Å². The zero-order valence-corrected chi connectivity index (χ0v) is 12.0. The zero-order chi connectivity index (χ0) is 14.1. The Hall–Kier alpha value is -1.73. The van der Waals surface area contributed by atoms with E-state index in [1.54, 1.807) is 18.5 Å². The fraction of sp³-hybridized carbons (Fsp3) is 0.231. The summed E-state index contributed by atoms with van der Waals surface area (Å²) in [6.07, 6.45) is 2.14. The smallest absolute Gasteiger partial charge is 0.241 e. The lowest BCUT2D eigenvalue weighted by Gasteiger charge is -2.22. The standard InChI is InChI=1S/C13H12BrFN4O/c14-8-2-1-7(3-9(8)15)19-13(20)11-4-10-12(5-16-11)18-6-17-10/h1-3,6,11,16H,4-5H2,(H,17,18)(H,19,20). The summed E-state index contributed by atoms with van der Waals surface area (Å²) < 4.78 is 13.8. The molecule has 0 aliphatic carbocycles. The monoisotopic (exact) mass is 338 g/mol. The first-order chi connectivity index (χ1) is 9.63. The molecular weight excluding hydrogens is 327 g/mol. The van der Waals surface area contributed by atoms with Gasteiger partial charge in [0.25, 0.3) is 0 Å². The molecule has 3 N–H and O–H groups in total. The molecule has 5 nitrogen and oxygen atoms in total. The van der Waals surface area contributed by atoms with E-state index in [0.29, 0.717) is 23.1 Å². The van der Waals surface area contributed by atoms with Crippen molar-refractivity contribution in [1.82, 2.24) is 15.3 Å². The second-order valence-corrected chi connectivity index (χ2v) is 5.44. The van der Waals surface area contributed by atoms with Crippen LogP contribution in [0.2, 0.25) is 0 Å². The van der Waals surface area contributed by atoms with E-state index in [1.165, 1.54) is 6.07 Å². The number of aromatic nitrogens is 2. The average molecular weight is 339 g/mol. The molecule has 3 rings (SSSR count). The predicted molar refractivity (Wildman–Crippen MR) is 75.6 cm³/mol. The Bertz CT molecular complexity index is 658. The minimum atomic E-state index is -0.408. The third-order valence-electron chi connectivity index (χ3n) is 3.23. The number of nitrogens with zero attached hydrogens (tertiary/aromatic N) is 1. The topological polar surface area (TPSA) is 69.8 Å². The highest BCUT2D eigenvalue weighted by molar-refractivity contribution is 9.10. The van der Waals surface area contributed by atoms with E-state index in [2.05, 4.69) is 36.5 Å². The van der Waals surface area contributed by atoms with Crippen LogP contribution in [0.15, 0.2) is 29.0 Å². The van der Waals surface area contributed by atoms with E-state index in [9.17, 15) is 9.18 Å². The third-order valence-corrected chi connectivity index (χ3v) is 3.88. The number of halogens is 2. The molecule has 1 unspecified atom stereocenters. The van der Waals surface area contributed by atoms with Crippen molar-refractivity contribution in [2.24, 2.45) is 0 Å². The van der Waals surface area contributed by atoms with Gasteiger partial charge in [-0.15, -0.1) is 0 Å². The van der Waals surface area contributed by atoms with Crippen molar-refractivity contribution in [1.29, 1.82) is 0 Å². The number of fused-ring (bicyclic) bond motifs is 1. The van der Waals surface area contributed by atoms with E-state index >= 15 is 0 Å². The Morgan fingerprint density at radius 3 is 3.15 bits per heavy atom. The summed E-state index contributed by atoms with van der Waals surface area (Å²) in [5, 5.41) is 5.82. The highest BCUT2D eigenvalue weighted by atomic mass is 79.9. The Kier molecular flexibility index (Phi) is 3.54. The Labute approximate surface area is 123 Å². The molecule has 0 spiro atoms. The van der Waals surface area contributed by atoms with Crippen molar-refractivity contribution < 1.29 is 9.18 Å². The van der Waals surface area contributed by atoms with E-state index in [-0.39, 0.29) is 11.9 Å². The van der Waals surface area contributed by atoms with Crippen LogP contribution in [0, 0.1) is 5.82 Å². The molecule has 1 aliphatic rings. The van der Waals surface area contributed by atoms with E-state index < -0.39 is 5.82 Å². The Morgan fingerprint density at radius 1 is 1.50 bits per heavy atom. The van der Waals surface area contributed by atoms with Crippen LogP contribution in [0.25, 0.3) is 0 Å². The predicted octanol–water partition coefficient (Wildman–Crippen LogP) is 1.96. The number of hydrogen-bond donors (Lipinski definition) is 3. The molecule has 1 aromatic heterocycles. The number of carbonyl (C=O) groups excluding carboxylic acids is 1. The summed E-state index contributed by atoms with van der Waals surface area (Å²) in [6.45, 7) is 0.572. The van der Waals surface area contributed by atoms with Gasteiger partial charge in [0, 0.05) is 18.7 Å². The van der Waals surface area contributed by atoms with Crippen LogP contribution in [0.1, 0.15) is 11.4 Å². The lowest BCUT2D eigenvalue weighted by atomic mass is 10.0. The number of H-pyrrole nitrogens is 1. The van der Waals surface area contributed by atoms with Crippen LogP contribution in [0.3, 0.4) is 0 Å². The van der Waals surface area contributed by atoms with Crippen LogP contribution in [0.4, 0.5) is 10.1 Å². The van der Waals surface area contributed by atoms with Crippen LogP contribution in [0.5, 0.6) is 0 Å². The number of nitrogens with one attached hydrogen (secondary N) is 3. The van der Waals surface area contributed by atoms with Gasteiger partial charge in [0.05, 0.1) is 28.2 Å². The van der Waals surface area contributed by atoms with Gasteiger partial charge in [0.2, 0.25) is 5.91 Å². The summed E-state index contributed by atoms with van der Waals surface area (Å²) in [4.78, 5) is 19.4. The molecular formula is C13H12BrFN4O. The van der Waals surface area contributed by atoms with Crippen LogP contribution < -0.4 is 10.6 Å². The molecule has 1 atom stereocenters. The molecule has 0 radical (unpaired) electrons. The molecule has 1 amide bonds. The van der Waals surface area contributed by atoms with Crippen molar-refractivity contribution in [2.45, 2.75) is 19.0 Å². The summed E-state index contributed by atoms with van der Waals surface area (Å²) in [7, 11) is 0.